The van der Waals surface area contributed by atoms with E-state index in [1.54, 1.807) is 11.6 Å². The minimum absolute atomic E-state index is 0.129. The van der Waals surface area contributed by atoms with Crippen LogP contribution in [-0.4, -0.2) is 38.3 Å². The van der Waals surface area contributed by atoms with Gasteiger partial charge in [0, 0.05) is 31.2 Å². The molecule has 2 rings (SSSR count). The molecule has 0 fully saturated rings. The van der Waals surface area contributed by atoms with E-state index in [-0.39, 0.29) is 17.0 Å². The van der Waals surface area contributed by atoms with E-state index in [4.69, 9.17) is 6.42 Å². The molecule has 0 bridgehead atoms. The van der Waals surface area contributed by atoms with E-state index in [0.29, 0.717) is 25.2 Å². The van der Waals surface area contributed by atoms with E-state index < -0.39 is 6.04 Å². The summed E-state index contributed by atoms with van der Waals surface area (Å²) in [5.74, 6) is 3.14. The van der Waals surface area contributed by atoms with E-state index >= 15 is 0 Å². The largest absolute Gasteiger partial charge is 0.354 e. The Kier molecular flexibility index (Phi) is 4.78. The Morgan fingerprint density at radius 2 is 2.09 bits per heavy atom. The van der Waals surface area contributed by atoms with Crippen LogP contribution in [0.15, 0.2) is 10.2 Å². The van der Waals surface area contributed by atoms with Gasteiger partial charge < -0.3 is 5.32 Å². The number of nitrogens with zero attached hydrogens (tertiary/aromatic N) is 6. The third kappa shape index (κ3) is 4.12. The fourth-order valence-electron chi connectivity index (χ4n) is 2.26. The molecule has 0 radical (unpaired) electrons. The Morgan fingerprint density at radius 1 is 1.39 bits per heavy atom. The molecule has 23 heavy (non-hydrogen) atoms. The van der Waals surface area contributed by atoms with E-state index in [2.05, 4.69) is 37.0 Å². The summed E-state index contributed by atoms with van der Waals surface area (Å²) in [6.45, 7) is 8.29. The zero-order valence-corrected chi connectivity index (χ0v) is 14.1. The quantitative estimate of drug-likeness (QED) is 0.773. The number of nitrogens with one attached hydrogen (secondary N) is 1. The molecule has 8 nitrogen and oxygen atoms in total. The topological polar surface area (TPSA) is 97.4 Å². The van der Waals surface area contributed by atoms with Gasteiger partial charge in [-0.05, 0) is 17.4 Å². The van der Waals surface area contributed by atoms with Crippen molar-refractivity contribution in [3.63, 3.8) is 0 Å². The number of rotatable bonds is 7. The van der Waals surface area contributed by atoms with Gasteiger partial charge >= 0.3 is 0 Å². The van der Waals surface area contributed by atoms with Gasteiger partial charge in [-0.3, -0.25) is 4.79 Å². The fraction of sp³-hybridized carbons (Fsp3) is 0.733. The highest BCUT2D eigenvalue weighted by Crippen LogP contribution is 2.36. The molecule has 2 heterocycles. The molecule has 1 amide bonds. The Morgan fingerprint density at radius 3 is 2.65 bits per heavy atom. The van der Waals surface area contributed by atoms with Crippen LogP contribution in [0.4, 0.5) is 0 Å². The molecular weight excluding hydrogens is 294 g/mol. The van der Waals surface area contributed by atoms with E-state index in [0.717, 1.165) is 6.42 Å². The van der Waals surface area contributed by atoms with Gasteiger partial charge in [0.1, 0.15) is 6.04 Å². The molecule has 1 unspecified atom stereocenters. The van der Waals surface area contributed by atoms with Gasteiger partial charge in [-0.1, -0.05) is 20.8 Å². The predicted octanol–water partition coefficient (Wildman–Crippen LogP) is 1.61. The maximum Gasteiger partial charge on any atom is 0.244 e. The molecule has 1 aromatic heterocycles. The first-order chi connectivity index (χ1) is 10.8. The lowest BCUT2D eigenvalue weighted by molar-refractivity contribution is -0.124. The van der Waals surface area contributed by atoms with Gasteiger partial charge in [0.2, 0.25) is 5.91 Å². The number of aromatic nitrogens is 4. The number of tetrazole rings is 1. The van der Waals surface area contributed by atoms with E-state index in [1.807, 2.05) is 20.8 Å². The van der Waals surface area contributed by atoms with Crippen LogP contribution in [-0.2, 0) is 10.2 Å². The number of hydrogen-bond acceptors (Lipinski definition) is 6. The molecule has 0 aliphatic carbocycles. The molecule has 0 spiro atoms. The smallest absolute Gasteiger partial charge is 0.244 e. The number of hydrogen-bond donors (Lipinski definition) is 1. The van der Waals surface area contributed by atoms with Gasteiger partial charge in [-0.25, -0.2) is 4.68 Å². The lowest BCUT2D eigenvalue weighted by Gasteiger charge is -2.20. The minimum atomic E-state index is -0.478. The Balaban J connectivity index is 1.87. The van der Waals surface area contributed by atoms with Crippen LogP contribution in [0.3, 0.4) is 0 Å². The average Bonchev–Trinajstić information content (AvgIpc) is 3.06. The van der Waals surface area contributed by atoms with Gasteiger partial charge in [-0.15, -0.1) is 17.4 Å². The standard InChI is InChI=1S/C15H23N7O/c1-6-7-8-15(18-19-15)9-10-16-12(23)11(2)22-13(14(3,4)5)17-20-21-22/h1,11H,7-10H2,2-5H3,(H,16,23). The van der Waals surface area contributed by atoms with Crippen LogP contribution in [0, 0.1) is 12.3 Å². The Hall–Kier alpha value is -2.30. The highest BCUT2D eigenvalue weighted by Gasteiger charge is 2.38. The minimum Gasteiger partial charge on any atom is -0.354 e. The van der Waals surface area contributed by atoms with Gasteiger partial charge in [0.25, 0.3) is 0 Å². The van der Waals surface area contributed by atoms with Crippen LogP contribution in [0.2, 0.25) is 0 Å². The van der Waals surface area contributed by atoms with Crippen LogP contribution < -0.4 is 5.32 Å². The molecule has 1 aromatic rings. The van der Waals surface area contributed by atoms with Crippen molar-refractivity contribution >= 4 is 5.91 Å². The third-order valence-corrected chi connectivity index (χ3v) is 3.79. The number of carbonyl (C=O) groups is 1. The molecule has 0 saturated carbocycles. The van der Waals surface area contributed by atoms with Crippen molar-refractivity contribution in [1.82, 2.24) is 25.5 Å². The molecule has 1 aliphatic heterocycles. The molecule has 1 N–H and O–H groups in total. The first-order valence-electron chi connectivity index (χ1n) is 7.73. The van der Waals surface area contributed by atoms with Crippen molar-refractivity contribution in [2.75, 3.05) is 6.54 Å². The Bertz CT molecular complexity index is 629. The van der Waals surface area contributed by atoms with Crippen molar-refractivity contribution in [3.8, 4) is 12.3 Å². The highest BCUT2D eigenvalue weighted by molar-refractivity contribution is 5.79. The molecule has 8 heteroatoms. The summed E-state index contributed by atoms with van der Waals surface area (Å²) >= 11 is 0. The third-order valence-electron chi connectivity index (χ3n) is 3.79. The summed E-state index contributed by atoms with van der Waals surface area (Å²) in [4.78, 5) is 12.3. The number of amides is 1. The molecule has 124 valence electrons. The number of carbonyl (C=O) groups excluding carboxylic acids is 1. The zero-order valence-electron chi connectivity index (χ0n) is 14.1. The molecule has 0 saturated heterocycles. The van der Waals surface area contributed by atoms with E-state index in [9.17, 15) is 4.79 Å². The van der Waals surface area contributed by atoms with Crippen LogP contribution in [0.1, 0.15) is 58.8 Å². The lowest BCUT2D eigenvalue weighted by Crippen LogP contribution is -2.35. The van der Waals surface area contributed by atoms with Gasteiger partial charge in [0.05, 0.1) is 0 Å². The first-order valence-corrected chi connectivity index (χ1v) is 7.73. The summed E-state index contributed by atoms with van der Waals surface area (Å²) in [7, 11) is 0. The van der Waals surface area contributed by atoms with Gasteiger partial charge in [0.15, 0.2) is 11.5 Å². The van der Waals surface area contributed by atoms with Crippen LogP contribution in [0.25, 0.3) is 0 Å². The Labute approximate surface area is 136 Å². The molecule has 1 atom stereocenters. The molecular formula is C15H23N7O. The summed E-state index contributed by atoms with van der Waals surface area (Å²) < 4.78 is 1.56. The SMILES string of the molecule is C#CCCC1(CCNC(=O)C(C)n2nnnc2C(C)(C)C)N=N1. The van der Waals surface area contributed by atoms with Crippen molar-refractivity contribution < 1.29 is 4.79 Å². The van der Waals surface area contributed by atoms with Crippen LogP contribution in [0.5, 0.6) is 0 Å². The predicted molar refractivity (Wildman–Crippen MR) is 84.5 cm³/mol. The van der Waals surface area contributed by atoms with Crippen molar-refractivity contribution in [2.45, 2.75) is 64.1 Å². The van der Waals surface area contributed by atoms with Gasteiger partial charge in [-0.2, -0.15) is 10.2 Å². The van der Waals surface area contributed by atoms with Crippen molar-refractivity contribution in [3.05, 3.63) is 5.82 Å². The highest BCUT2D eigenvalue weighted by atomic mass is 16.2. The summed E-state index contributed by atoms with van der Waals surface area (Å²) in [5.41, 5.74) is -0.614. The molecule has 1 aliphatic rings. The van der Waals surface area contributed by atoms with Crippen LogP contribution >= 0.6 is 0 Å². The van der Waals surface area contributed by atoms with E-state index in [1.165, 1.54) is 0 Å². The second-order valence-electron chi connectivity index (χ2n) is 6.80. The monoisotopic (exact) mass is 317 g/mol. The summed E-state index contributed by atoms with van der Waals surface area (Å²) in [5, 5.41) is 22.7. The second kappa shape index (κ2) is 6.44. The summed E-state index contributed by atoms with van der Waals surface area (Å²) in [6, 6.07) is -0.478. The maximum atomic E-state index is 12.3. The molecule has 0 aromatic carbocycles. The first kappa shape index (κ1) is 17.1. The van der Waals surface area contributed by atoms with Crippen molar-refractivity contribution in [2.24, 2.45) is 10.2 Å². The zero-order chi connectivity index (χ0) is 17.1. The fourth-order valence-corrected chi connectivity index (χ4v) is 2.26. The summed E-state index contributed by atoms with van der Waals surface area (Å²) in [6.07, 6.45) is 7.29. The van der Waals surface area contributed by atoms with Crippen molar-refractivity contribution in [1.29, 1.82) is 0 Å². The lowest BCUT2D eigenvalue weighted by atomic mass is 9.95. The second-order valence-corrected chi connectivity index (χ2v) is 6.80. The average molecular weight is 317 g/mol. The number of terminal acetylenes is 1. The maximum absolute atomic E-state index is 12.3. The normalized spacial score (nSPS) is 16.7.